The van der Waals surface area contributed by atoms with E-state index in [1.165, 1.54) is 6.07 Å². The largest absolute Gasteiger partial charge is 0.508 e. The van der Waals surface area contributed by atoms with Crippen molar-refractivity contribution in [2.45, 2.75) is 79.5 Å². The number of carbonyl (C=O) groups excluding carboxylic acids is 3. The van der Waals surface area contributed by atoms with Crippen molar-refractivity contribution in [1.82, 2.24) is 10.2 Å². The van der Waals surface area contributed by atoms with E-state index in [1.54, 1.807) is 39.8 Å². The summed E-state index contributed by atoms with van der Waals surface area (Å²) in [4.78, 5) is 41.2. The molecule has 0 bridgehead atoms. The number of aryl methyl sites for hydroxylation is 3. The smallest absolute Gasteiger partial charge is 0.408 e. The van der Waals surface area contributed by atoms with Crippen LogP contribution in [0, 0.1) is 39.2 Å². The van der Waals surface area contributed by atoms with Crippen LogP contribution in [0.2, 0.25) is 0 Å². The van der Waals surface area contributed by atoms with Crippen molar-refractivity contribution in [3.63, 3.8) is 0 Å². The van der Waals surface area contributed by atoms with Crippen LogP contribution in [0.25, 0.3) is 0 Å². The van der Waals surface area contributed by atoms with E-state index in [0.717, 1.165) is 16.0 Å². The molecular formula is C30H39N3O5. The standard InChI is InChI=1S/C30H39N3O5/c1-10-33(28(36)23(16-18(2)3)31-29(37)38-30(7,8)9)26(22-14-15-24(34)21(6)17-22)27(35)32-25-19(4)12-11-13-20(25)5/h1,11-15,17-18,23,26,34H,16H2,2-9H3,(H,31,37)(H,32,35). The van der Waals surface area contributed by atoms with E-state index in [1.807, 2.05) is 45.9 Å². The summed E-state index contributed by atoms with van der Waals surface area (Å²) >= 11 is 0. The molecule has 2 aromatic rings. The predicted octanol–water partition coefficient (Wildman–Crippen LogP) is 5.36. The minimum atomic E-state index is -1.24. The minimum Gasteiger partial charge on any atom is -0.508 e. The van der Waals surface area contributed by atoms with Gasteiger partial charge in [-0.15, -0.1) is 0 Å². The number of amides is 3. The first-order valence-electron chi connectivity index (χ1n) is 12.6. The Balaban J connectivity index is 2.54. The third-order valence-corrected chi connectivity index (χ3v) is 5.85. The molecule has 3 N–H and O–H groups in total. The number of carbonyl (C=O) groups is 3. The number of phenolic OH excluding ortho intramolecular Hbond substituents is 1. The maximum atomic E-state index is 13.9. The highest BCUT2D eigenvalue weighted by Gasteiger charge is 2.36. The molecule has 0 aliphatic heterocycles. The number of anilines is 1. The first-order chi connectivity index (χ1) is 17.6. The maximum Gasteiger partial charge on any atom is 0.408 e. The summed E-state index contributed by atoms with van der Waals surface area (Å²) in [7, 11) is 0. The van der Waals surface area contributed by atoms with Crippen molar-refractivity contribution >= 4 is 23.6 Å². The molecule has 8 nitrogen and oxygen atoms in total. The van der Waals surface area contributed by atoms with Crippen molar-refractivity contribution in [2.75, 3.05) is 5.32 Å². The van der Waals surface area contributed by atoms with Gasteiger partial charge in [0.2, 0.25) is 0 Å². The fourth-order valence-electron chi connectivity index (χ4n) is 4.05. The van der Waals surface area contributed by atoms with Gasteiger partial charge in [0.1, 0.15) is 23.4 Å². The summed E-state index contributed by atoms with van der Waals surface area (Å²) in [6.45, 7) is 14.4. The minimum absolute atomic E-state index is 0.0244. The molecule has 2 atom stereocenters. The van der Waals surface area contributed by atoms with Crippen molar-refractivity contribution in [2.24, 2.45) is 5.92 Å². The molecule has 0 radical (unpaired) electrons. The lowest BCUT2D eigenvalue weighted by atomic mass is 9.98. The summed E-state index contributed by atoms with van der Waals surface area (Å²) in [6.07, 6.45) is 5.37. The Morgan fingerprint density at radius 1 is 1.05 bits per heavy atom. The van der Waals surface area contributed by atoms with Crippen LogP contribution in [-0.2, 0) is 14.3 Å². The highest BCUT2D eigenvalue weighted by molar-refractivity contribution is 6.00. The zero-order chi connectivity index (χ0) is 28.8. The van der Waals surface area contributed by atoms with Gasteiger partial charge in [-0.25, -0.2) is 4.79 Å². The van der Waals surface area contributed by atoms with E-state index in [-0.39, 0.29) is 18.1 Å². The monoisotopic (exact) mass is 521 g/mol. The highest BCUT2D eigenvalue weighted by Crippen LogP contribution is 2.29. The van der Waals surface area contributed by atoms with Gasteiger partial charge < -0.3 is 20.5 Å². The Hall–Kier alpha value is -3.99. The molecule has 2 aromatic carbocycles. The average Bonchev–Trinajstić information content (AvgIpc) is 2.79. The van der Waals surface area contributed by atoms with E-state index in [4.69, 9.17) is 11.2 Å². The maximum absolute atomic E-state index is 13.9. The van der Waals surface area contributed by atoms with Gasteiger partial charge in [0.25, 0.3) is 11.8 Å². The van der Waals surface area contributed by atoms with Gasteiger partial charge >= 0.3 is 6.09 Å². The first-order valence-corrected chi connectivity index (χ1v) is 12.6. The molecule has 204 valence electrons. The van der Waals surface area contributed by atoms with E-state index in [2.05, 4.69) is 16.7 Å². The summed E-state index contributed by atoms with van der Waals surface area (Å²) < 4.78 is 5.36. The molecule has 0 spiro atoms. The van der Waals surface area contributed by atoms with Crippen molar-refractivity contribution in [1.29, 1.82) is 0 Å². The van der Waals surface area contributed by atoms with Crippen molar-refractivity contribution < 1.29 is 24.2 Å². The van der Waals surface area contributed by atoms with Crippen LogP contribution in [0.5, 0.6) is 5.75 Å². The fraction of sp³-hybridized carbons (Fsp3) is 0.433. The van der Waals surface area contributed by atoms with Gasteiger partial charge in [-0.3, -0.25) is 14.5 Å². The highest BCUT2D eigenvalue weighted by atomic mass is 16.6. The molecule has 38 heavy (non-hydrogen) atoms. The molecule has 0 saturated heterocycles. The summed E-state index contributed by atoms with van der Waals surface area (Å²) in [5.74, 6) is -1.08. The molecule has 0 aliphatic rings. The van der Waals surface area contributed by atoms with E-state index in [9.17, 15) is 19.5 Å². The van der Waals surface area contributed by atoms with E-state index in [0.29, 0.717) is 16.8 Å². The fourth-order valence-corrected chi connectivity index (χ4v) is 4.05. The normalized spacial score (nSPS) is 12.7. The van der Waals surface area contributed by atoms with Gasteiger partial charge in [0, 0.05) is 11.7 Å². The third kappa shape index (κ3) is 8.01. The number of para-hydroxylation sites is 1. The third-order valence-electron chi connectivity index (χ3n) is 5.85. The number of benzene rings is 2. The van der Waals surface area contributed by atoms with Gasteiger partial charge in [-0.2, -0.15) is 0 Å². The number of terminal acetylenes is 1. The van der Waals surface area contributed by atoms with E-state index >= 15 is 0 Å². The van der Waals surface area contributed by atoms with Crippen LogP contribution >= 0.6 is 0 Å². The molecule has 2 unspecified atom stereocenters. The predicted molar refractivity (Wildman–Crippen MR) is 148 cm³/mol. The number of aromatic hydroxyl groups is 1. The molecule has 0 aliphatic carbocycles. The Morgan fingerprint density at radius 3 is 2.16 bits per heavy atom. The summed E-state index contributed by atoms with van der Waals surface area (Å²) in [5, 5.41) is 15.6. The van der Waals surface area contributed by atoms with Crippen molar-refractivity contribution in [3.05, 3.63) is 58.7 Å². The number of nitrogens with one attached hydrogen (secondary N) is 2. The quantitative estimate of drug-likeness (QED) is 0.320. The van der Waals surface area contributed by atoms with Crippen molar-refractivity contribution in [3.8, 4) is 18.2 Å². The van der Waals surface area contributed by atoms with Gasteiger partial charge in [0.15, 0.2) is 0 Å². The number of hydrogen-bond donors (Lipinski definition) is 3. The van der Waals surface area contributed by atoms with Crippen LogP contribution in [0.15, 0.2) is 36.4 Å². The van der Waals surface area contributed by atoms with Crippen LogP contribution in [0.3, 0.4) is 0 Å². The number of nitrogens with zero attached hydrogens (tertiary/aromatic N) is 1. The Bertz CT molecular complexity index is 1200. The lowest BCUT2D eigenvalue weighted by Gasteiger charge is -2.31. The average molecular weight is 522 g/mol. The lowest BCUT2D eigenvalue weighted by Crippen LogP contribution is -2.51. The second kappa shape index (κ2) is 12.5. The second-order valence-electron chi connectivity index (χ2n) is 10.9. The molecular weight excluding hydrogens is 482 g/mol. The topological polar surface area (TPSA) is 108 Å². The Kier molecular flexibility index (Phi) is 9.95. The number of hydrogen-bond acceptors (Lipinski definition) is 5. The zero-order valence-corrected chi connectivity index (χ0v) is 23.5. The van der Waals surface area contributed by atoms with Gasteiger partial charge in [0.05, 0.1) is 0 Å². The van der Waals surface area contributed by atoms with Crippen LogP contribution in [-0.4, -0.2) is 39.6 Å². The summed E-state index contributed by atoms with van der Waals surface area (Å²) in [5.41, 5.74) is 2.48. The molecule has 0 fully saturated rings. The molecule has 0 saturated carbocycles. The van der Waals surface area contributed by atoms with Crippen LogP contribution < -0.4 is 10.6 Å². The Morgan fingerprint density at radius 2 is 1.66 bits per heavy atom. The number of alkyl carbamates (subject to hydrolysis) is 1. The molecule has 0 aromatic heterocycles. The second-order valence-corrected chi connectivity index (χ2v) is 10.9. The Labute approximate surface area is 225 Å². The SMILES string of the molecule is C#CN(C(=O)C(CC(C)C)NC(=O)OC(C)(C)C)C(C(=O)Nc1c(C)cccc1C)c1ccc(O)c(C)c1. The number of ether oxygens (including phenoxy) is 1. The zero-order valence-electron chi connectivity index (χ0n) is 23.5. The van der Waals surface area contributed by atoms with Crippen LogP contribution in [0.4, 0.5) is 10.5 Å². The molecule has 8 heteroatoms. The number of rotatable bonds is 8. The van der Waals surface area contributed by atoms with Gasteiger partial charge in [-0.1, -0.05) is 44.5 Å². The molecule has 0 heterocycles. The van der Waals surface area contributed by atoms with Crippen LogP contribution in [0.1, 0.15) is 69.3 Å². The molecule has 3 amide bonds. The summed E-state index contributed by atoms with van der Waals surface area (Å²) in [6, 6.07) is 10.3. The van der Waals surface area contributed by atoms with Gasteiger partial charge in [-0.05, 0) is 88.3 Å². The molecule has 2 rings (SSSR count). The lowest BCUT2D eigenvalue weighted by molar-refractivity contribution is -0.137. The van der Waals surface area contributed by atoms with E-state index < -0.39 is 35.6 Å². The number of phenols is 1. The first kappa shape index (κ1) is 30.2.